The van der Waals surface area contributed by atoms with Crippen LogP contribution in [0.15, 0.2) is 12.1 Å². The molecule has 1 aliphatic carbocycles. The Morgan fingerprint density at radius 3 is 3.05 bits per heavy atom. The van der Waals surface area contributed by atoms with Gasteiger partial charge < -0.3 is 21.1 Å². The molecule has 1 saturated carbocycles. The molecule has 0 saturated heterocycles. The van der Waals surface area contributed by atoms with Crippen LogP contribution in [0.4, 0.5) is 17.1 Å². The molecule has 1 aliphatic heterocycles. The molecule has 102 valence electrons. The smallest absolute Gasteiger partial charge is 0.228 e. The van der Waals surface area contributed by atoms with Crippen LogP contribution in [-0.2, 0) is 16.0 Å². The molecule has 19 heavy (non-hydrogen) atoms. The van der Waals surface area contributed by atoms with E-state index in [0.717, 1.165) is 36.0 Å². The van der Waals surface area contributed by atoms with Gasteiger partial charge in [-0.15, -0.1) is 0 Å². The zero-order valence-corrected chi connectivity index (χ0v) is 10.9. The van der Waals surface area contributed by atoms with E-state index in [1.165, 1.54) is 12.8 Å². The Morgan fingerprint density at radius 2 is 2.26 bits per heavy atom. The van der Waals surface area contributed by atoms with Gasteiger partial charge in [0.25, 0.3) is 0 Å². The quantitative estimate of drug-likeness (QED) is 0.537. The molecular weight excluding hydrogens is 242 g/mol. The molecule has 0 bridgehead atoms. The van der Waals surface area contributed by atoms with E-state index in [1.54, 1.807) is 0 Å². The van der Waals surface area contributed by atoms with E-state index in [1.807, 2.05) is 12.1 Å². The van der Waals surface area contributed by atoms with Crippen molar-refractivity contribution in [2.75, 3.05) is 36.1 Å². The van der Waals surface area contributed by atoms with Crippen molar-refractivity contribution >= 4 is 23.0 Å². The first-order valence-electron chi connectivity index (χ1n) is 6.76. The molecule has 1 fully saturated rings. The first-order valence-corrected chi connectivity index (χ1v) is 6.76. The second kappa shape index (κ2) is 5.09. The van der Waals surface area contributed by atoms with Crippen molar-refractivity contribution in [2.45, 2.75) is 19.3 Å². The summed E-state index contributed by atoms with van der Waals surface area (Å²) in [6.45, 7) is 2.28. The third kappa shape index (κ3) is 2.98. The fourth-order valence-electron chi connectivity index (χ4n) is 2.24. The molecule has 4 N–H and O–H groups in total. The Hall–Kier alpha value is -1.75. The molecule has 1 aromatic rings. The van der Waals surface area contributed by atoms with Gasteiger partial charge in [-0.1, -0.05) is 0 Å². The maximum Gasteiger partial charge on any atom is 0.228 e. The molecule has 0 radical (unpaired) electrons. The van der Waals surface area contributed by atoms with Gasteiger partial charge in [-0.25, -0.2) is 0 Å². The van der Waals surface area contributed by atoms with Crippen LogP contribution < -0.4 is 16.4 Å². The van der Waals surface area contributed by atoms with Crippen LogP contribution in [0.5, 0.6) is 0 Å². The van der Waals surface area contributed by atoms with Crippen molar-refractivity contribution in [3.63, 3.8) is 0 Å². The lowest BCUT2D eigenvalue weighted by molar-refractivity contribution is -0.115. The number of hydrogen-bond acceptors (Lipinski definition) is 4. The maximum atomic E-state index is 11.3. The molecule has 5 nitrogen and oxygen atoms in total. The number of fused-ring (bicyclic) bond motifs is 1. The number of amides is 1. The first kappa shape index (κ1) is 12.3. The number of benzene rings is 1. The number of carbonyl (C=O) groups excluding carboxylic acids is 1. The molecule has 5 heteroatoms. The molecule has 1 heterocycles. The van der Waals surface area contributed by atoms with Crippen LogP contribution in [0.1, 0.15) is 18.4 Å². The summed E-state index contributed by atoms with van der Waals surface area (Å²) in [6.07, 6.45) is 3.04. The molecule has 1 aromatic carbocycles. The van der Waals surface area contributed by atoms with Crippen LogP contribution >= 0.6 is 0 Å². The highest BCUT2D eigenvalue weighted by atomic mass is 16.5. The van der Waals surface area contributed by atoms with Crippen molar-refractivity contribution in [2.24, 2.45) is 5.92 Å². The predicted octanol–water partition coefficient (Wildman–Crippen LogP) is 1.60. The highest BCUT2D eigenvalue weighted by Crippen LogP contribution is 2.31. The second-order valence-electron chi connectivity index (χ2n) is 5.27. The average Bonchev–Trinajstić information content (AvgIpc) is 3.11. The van der Waals surface area contributed by atoms with Crippen molar-refractivity contribution < 1.29 is 9.53 Å². The summed E-state index contributed by atoms with van der Waals surface area (Å²) in [5.41, 5.74) is 9.34. The van der Waals surface area contributed by atoms with E-state index in [4.69, 9.17) is 10.5 Å². The van der Waals surface area contributed by atoms with E-state index in [-0.39, 0.29) is 5.91 Å². The standard InChI is InChI=1S/C14H19N3O2/c15-11-5-10-6-14(18)17-12(10)7-13(11)16-3-4-19-8-9-1-2-9/h5,7,9,16H,1-4,6,8,15H2,(H,17,18). The Bertz CT molecular complexity index is 498. The number of nitrogens with one attached hydrogen (secondary N) is 2. The van der Waals surface area contributed by atoms with Crippen molar-refractivity contribution in [1.29, 1.82) is 0 Å². The monoisotopic (exact) mass is 261 g/mol. The predicted molar refractivity (Wildman–Crippen MR) is 75.2 cm³/mol. The van der Waals surface area contributed by atoms with Crippen LogP contribution in [0.2, 0.25) is 0 Å². The molecule has 2 aliphatic rings. The summed E-state index contributed by atoms with van der Waals surface area (Å²) < 4.78 is 5.56. The number of nitrogens with two attached hydrogens (primary N) is 1. The molecule has 0 unspecified atom stereocenters. The Morgan fingerprint density at radius 1 is 1.42 bits per heavy atom. The SMILES string of the molecule is Nc1cc2c(cc1NCCOCC1CC1)NC(=O)C2. The number of nitrogen functional groups attached to an aromatic ring is 1. The van der Waals surface area contributed by atoms with Crippen molar-refractivity contribution in [3.05, 3.63) is 17.7 Å². The number of rotatable bonds is 6. The van der Waals surface area contributed by atoms with Gasteiger partial charge in [-0.2, -0.15) is 0 Å². The van der Waals surface area contributed by atoms with Crippen LogP contribution in [0.25, 0.3) is 0 Å². The van der Waals surface area contributed by atoms with Gasteiger partial charge in [0.2, 0.25) is 5.91 Å². The van der Waals surface area contributed by atoms with Crippen molar-refractivity contribution in [3.8, 4) is 0 Å². The minimum atomic E-state index is 0.0271. The van der Waals surface area contributed by atoms with Gasteiger partial charge in [0.1, 0.15) is 0 Å². The topological polar surface area (TPSA) is 76.4 Å². The first-order chi connectivity index (χ1) is 9.22. The second-order valence-corrected chi connectivity index (χ2v) is 5.27. The maximum absolute atomic E-state index is 11.3. The van der Waals surface area contributed by atoms with Crippen LogP contribution in [-0.4, -0.2) is 25.7 Å². The fraction of sp³-hybridized carbons (Fsp3) is 0.500. The number of hydrogen-bond donors (Lipinski definition) is 3. The highest BCUT2D eigenvalue weighted by Gasteiger charge is 2.21. The van der Waals surface area contributed by atoms with Gasteiger partial charge in [-0.05, 0) is 36.5 Å². The molecule has 3 rings (SSSR count). The summed E-state index contributed by atoms with van der Waals surface area (Å²) in [6, 6.07) is 3.76. The zero-order chi connectivity index (χ0) is 13.2. The number of ether oxygens (including phenoxy) is 1. The fourth-order valence-corrected chi connectivity index (χ4v) is 2.24. The average molecular weight is 261 g/mol. The summed E-state index contributed by atoms with van der Waals surface area (Å²) in [5, 5.41) is 6.07. The Balaban J connectivity index is 1.52. The molecule has 1 amide bonds. The number of carbonyl (C=O) groups is 1. The molecule has 0 atom stereocenters. The van der Waals surface area contributed by atoms with Crippen LogP contribution in [0, 0.1) is 5.92 Å². The lowest BCUT2D eigenvalue weighted by Gasteiger charge is -2.11. The van der Waals surface area contributed by atoms with Gasteiger partial charge in [0.15, 0.2) is 0 Å². The van der Waals surface area contributed by atoms with E-state index in [2.05, 4.69) is 10.6 Å². The van der Waals surface area contributed by atoms with Crippen LogP contribution in [0.3, 0.4) is 0 Å². The summed E-state index contributed by atoms with van der Waals surface area (Å²) in [4.78, 5) is 11.3. The third-order valence-corrected chi connectivity index (χ3v) is 3.51. The van der Waals surface area contributed by atoms with Gasteiger partial charge in [0.05, 0.1) is 24.4 Å². The molecular formula is C14H19N3O2. The Kier molecular flexibility index (Phi) is 3.29. The highest BCUT2D eigenvalue weighted by molar-refractivity contribution is 6.00. The van der Waals surface area contributed by atoms with E-state index < -0.39 is 0 Å². The third-order valence-electron chi connectivity index (χ3n) is 3.51. The normalized spacial score (nSPS) is 17.2. The molecule has 0 spiro atoms. The molecule has 0 aromatic heterocycles. The zero-order valence-electron chi connectivity index (χ0n) is 10.9. The van der Waals surface area contributed by atoms with Crippen molar-refractivity contribution in [1.82, 2.24) is 0 Å². The van der Waals surface area contributed by atoms with E-state index in [0.29, 0.717) is 18.7 Å². The minimum Gasteiger partial charge on any atom is -0.397 e. The Labute approximate surface area is 112 Å². The lowest BCUT2D eigenvalue weighted by Crippen LogP contribution is -2.12. The van der Waals surface area contributed by atoms with Gasteiger partial charge >= 0.3 is 0 Å². The van der Waals surface area contributed by atoms with E-state index >= 15 is 0 Å². The van der Waals surface area contributed by atoms with E-state index in [9.17, 15) is 4.79 Å². The summed E-state index contributed by atoms with van der Waals surface area (Å²) in [7, 11) is 0. The largest absolute Gasteiger partial charge is 0.397 e. The summed E-state index contributed by atoms with van der Waals surface area (Å²) in [5.74, 6) is 0.819. The minimum absolute atomic E-state index is 0.0271. The summed E-state index contributed by atoms with van der Waals surface area (Å²) >= 11 is 0. The van der Waals surface area contributed by atoms with Gasteiger partial charge in [-0.3, -0.25) is 4.79 Å². The number of anilines is 3. The lowest BCUT2D eigenvalue weighted by atomic mass is 10.1. The van der Waals surface area contributed by atoms with Gasteiger partial charge in [0, 0.05) is 18.8 Å².